The number of piperidine rings is 1. The molecule has 0 aliphatic carbocycles. The molecule has 0 radical (unpaired) electrons. The molecule has 0 aromatic heterocycles. The van der Waals surface area contributed by atoms with Crippen LogP contribution in [-0.2, 0) is 4.79 Å². The molecule has 3 N–H and O–H groups in total. The number of nitrogens with zero attached hydrogens (tertiary/aromatic N) is 1. The monoisotopic (exact) mass is 261 g/mol. The van der Waals surface area contributed by atoms with Gasteiger partial charge in [-0.2, -0.15) is 0 Å². The fourth-order valence-electron chi connectivity index (χ4n) is 2.09. The van der Waals surface area contributed by atoms with E-state index in [1.165, 1.54) is 0 Å². The van der Waals surface area contributed by atoms with Crippen molar-refractivity contribution in [3.63, 3.8) is 0 Å². The Morgan fingerprint density at radius 3 is 3.00 bits per heavy atom. The summed E-state index contributed by atoms with van der Waals surface area (Å²) in [6.07, 6.45) is 5.04. The van der Waals surface area contributed by atoms with Crippen molar-refractivity contribution in [1.82, 2.24) is 10.2 Å². The van der Waals surface area contributed by atoms with E-state index >= 15 is 0 Å². The van der Waals surface area contributed by atoms with Crippen LogP contribution in [0, 0.1) is 5.92 Å². The van der Waals surface area contributed by atoms with Crippen LogP contribution >= 0.6 is 12.4 Å². The maximum atomic E-state index is 11.8. The third-order valence-corrected chi connectivity index (χ3v) is 2.97. The maximum Gasteiger partial charge on any atom is 0.224 e. The van der Waals surface area contributed by atoms with Crippen LogP contribution in [0.1, 0.15) is 19.3 Å². The zero-order valence-electron chi connectivity index (χ0n) is 10.4. The Balaban J connectivity index is 0.00000256. The number of likely N-dealkylation sites (tertiary alicyclic amines) is 1. The zero-order chi connectivity index (χ0) is 11.8. The average Bonchev–Trinajstić information content (AvgIpc) is 2.33. The predicted molar refractivity (Wildman–Crippen MR) is 73.3 cm³/mol. The average molecular weight is 262 g/mol. The minimum Gasteiger partial charge on any atom is -0.355 e. The number of rotatable bonds is 6. The minimum atomic E-state index is 0. The van der Waals surface area contributed by atoms with E-state index in [1.54, 1.807) is 0 Å². The van der Waals surface area contributed by atoms with Gasteiger partial charge in [0, 0.05) is 26.2 Å². The number of amides is 1. The van der Waals surface area contributed by atoms with Crippen LogP contribution in [-0.4, -0.2) is 43.5 Å². The van der Waals surface area contributed by atoms with Crippen molar-refractivity contribution < 1.29 is 4.79 Å². The largest absolute Gasteiger partial charge is 0.355 e. The van der Waals surface area contributed by atoms with E-state index in [4.69, 9.17) is 5.73 Å². The van der Waals surface area contributed by atoms with Crippen molar-refractivity contribution >= 4 is 18.3 Å². The molecule has 1 amide bonds. The highest BCUT2D eigenvalue weighted by Crippen LogP contribution is 2.16. The molecule has 0 saturated carbocycles. The highest BCUT2D eigenvalue weighted by atomic mass is 35.5. The Labute approximate surface area is 110 Å². The number of halogens is 1. The Morgan fingerprint density at radius 1 is 1.59 bits per heavy atom. The first-order chi connectivity index (χ1) is 7.77. The van der Waals surface area contributed by atoms with Crippen LogP contribution in [0.3, 0.4) is 0 Å². The van der Waals surface area contributed by atoms with Gasteiger partial charge in [-0.1, -0.05) is 6.08 Å². The second-order valence-corrected chi connectivity index (χ2v) is 4.30. The van der Waals surface area contributed by atoms with Crippen LogP contribution in [0.5, 0.6) is 0 Å². The highest BCUT2D eigenvalue weighted by Gasteiger charge is 2.24. The summed E-state index contributed by atoms with van der Waals surface area (Å²) in [4.78, 5) is 14.1. The lowest BCUT2D eigenvalue weighted by Gasteiger charge is -2.31. The molecule has 0 spiro atoms. The number of nitrogens with one attached hydrogen (secondary N) is 1. The maximum absolute atomic E-state index is 11.8. The Kier molecular flexibility index (Phi) is 9.13. The fraction of sp³-hybridized carbons (Fsp3) is 0.750. The van der Waals surface area contributed by atoms with Crippen LogP contribution < -0.4 is 11.1 Å². The van der Waals surface area contributed by atoms with Gasteiger partial charge >= 0.3 is 0 Å². The van der Waals surface area contributed by atoms with Crippen LogP contribution in [0.25, 0.3) is 0 Å². The van der Waals surface area contributed by atoms with E-state index in [0.717, 1.165) is 38.9 Å². The van der Waals surface area contributed by atoms with Gasteiger partial charge in [0.15, 0.2) is 0 Å². The standard InChI is InChI=1S/C12H23N3O.ClH/c1-2-3-8-15-9-4-5-11(10-15)12(16)14-7-6-13;/h2,11H,1,3-10,13H2,(H,14,16);1H. The number of carbonyl (C=O) groups excluding carboxylic acids is 1. The number of hydrogen-bond donors (Lipinski definition) is 2. The zero-order valence-corrected chi connectivity index (χ0v) is 11.2. The fourth-order valence-corrected chi connectivity index (χ4v) is 2.09. The van der Waals surface area contributed by atoms with E-state index in [0.29, 0.717) is 13.1 Å². The molecule has 1 unspecified atom stereocenters. The summed E-state index contributed by atoms with van der Waals surface area (Å²) >= 11 is 0. The lowest BCUT2D eigenvalue weighted by molar-refractivity contribution is -0.126. The van der Waals surface area contributed by atoms with Gasteiger partial charge in [0.05, 0.1) is 5.92 Å². The summed E-state index contributed by atoms with van der Waals surface area (Å²) in [6.45, 7) is 7.82. The smallest absolute Gasteiger partial charge is 0.224 e. The van der Waals surface area contributed by atoms with Gasteiger partial charge in [0.25, 0.3) is 0 Å². The molecule has 0 aromatic rings. The van der Waals surface area contributed by atoms with Crippen LogP contribution in [0.15, 0.2) is 12.7 Å². The Morgan fingerprint density at radius 2 is 2.35 bits per heavy atom. The van der Waals surface area contributed by atoms with Crippen molar-refractivity contribution in [3.05, 3.63) is 12.7 Å². The summed E-state index contributed by atoms with van der Waals surface area (Å²) in [5.41, 5.74) is 5.36. The molecule has 4 nitrogen and oxygen atoms in total. The summed E-state index contributed by atoms with van der Waals surface area (Å²) in [5, 5.41) is 2.87. The quantitative estimate of drug-likeness (QED) is 0.695. The van der Waals surface area contributed by atoms with Gasteiger partial charge in [-0.3, -0.25) is 4.79 Å². The number of hydrogen-bond acceptors (Lipinski definition) is 3. The first-order valence-electron chi connectivity index (χ1n) is 6.09. The molecule has 1 heterocycles. The van der Waals surface area contributed by atoms with E-state index in [2.05, 4.69) is 16.8 Å². The minimum absolute atomic E-state index is 0. The van der Waals surface area contributed by atoms with Gasteiger partial charge in [-0.25, -0.2) is 0 Å². The summed E-state index contributed by atoms with van der Waals surface area (Å²) < 4.78 is 0. The van der Waals surface area contributed by atoms with Crippen LogP contribution in [0.2, 0.25) is 0 Å². The summed E-state index contributed by atoms with van der Waals surface area (Å²) in [6, 6.07) is 0. The van der Waals surface area contributed by atoms with Crippen molar-refractivity contribution in [2.75, 3.05) is 32.7 Å². The molecule has 100 valence electrons. The Hall–Kier alpha value is -0.580. The lowest BCUT2D eigenvalue weighted by Crippen LogP contribution is -2.44. The predicted octanol–water partition coefficient (Wildman–Crippen LogP) is 0.771. The number of nitrogens with two attached hydrogens (primary N) is 1. The van der Waals surface area contributed by atoms with Gasteiger partial charge in [0.2, 0.25) is 5.91 Å². The molecule has 17 heavy (non-hydrogen) atoms. The molecular weight excluding hydrogens is 238 g/mol. The molecule has 0 aromatic carbocycles. The number of carbonyl (C=O) groups is 1. The molecular formula is C12H24ClN3O. The topological polar surface area (TPSA) is 58.4 Å². The Bertz CT molecular complexity index is 236. The second-order valence-electron chi connectivity index (χ2n) is 4.30. The van der Waals surface area contributed by atoms with Crippen molar-refractivity contribution in [2.45, 2.75) is 19.3 Å². The van der Waals surface area contributed by atoms with E-state index in [9.17, 15) is 4.79 Å². The molecule has 1 aliphatic heterocycles. The first-order valence-corrected chi connectivity index (χ1v) is 6.09. The second kappa shape index (κ2) is 9.45. The van der Waals surface area contributed by atoms with Crippen molar-refractivity contribution in [3.8, 4) is 0 Å². The highest BCUT2D eigenvalue weighted by molar-refractivity contribution is 5.85. The van der Waals surface area contributed by atoms with Crippen LogP contribution in [0.4, 0.5) is 0 Å². The van der Waals surface area contributed by atoms with E-state index < -0.39 is 0 Å². The SMILES string of the molecule is C=CCCN1CCCC(C(=O)NCCN)C1.Cl. The molecule has 1 atom stereocenters. The molecule has 1 rings (SSSR count). The lowest BCUT2D eigenvalue weighted by atomic mass is 9.97. The first kappa shape index (κ1) is 16.4. The third kappa shape index (κ3) is 6.05. The third-order valence-electron chi connectivity index (χ3n) is 2.97. The van der Waals surface area contributed by atoms with Crippen molar-refractivity contribution in [2.24, 2.45) is 11.7 Å². The van der Waals surface area contributed by atoms with E-state index in [1.807, 2.05) is 6.08 Å². The van der Waals surface area contributed by atoms with Crippen molar-refractivity contribution in [1.29, 1.82) is 0 Å². The molecule has 5 heteroatoms. The van der Waals surface area contributed by atoms with Gasteiger partial charge in [0.1, 0.15) is 0 Å². The summed E-state index contributed by atoms with van der Waals surface area (Å²) in [7, 11) is 0. The van der Waals surface area contributed by atoms with E-state index in [-0.39, 0.29) is 24.2 Å². The summed E-state index contributed by atoms with van der Waals surface area (Å²) in [5.74, 6) is 0.305. The molecule has 1 aliphatic rings. The molecule has 0 bridgehead atoms. The van der Waals surface area contributed by atoms with Gasteiger partial charge in [-0.15, -0.1) is 19.0 Å². The normalized spacial score (nSPS) is 20.4. The molecule has 1 saturated heterocycles. The van der Waals surface area contributed by atoms with Gasteiger partial charge < -0.3 is 16.0 Å². The van der Waals surface area contributed by atoms with Gasteiger partial charge in [-0.05, 0) is 25.8 Å². The molecule has 1 fully saturated rings.